The molecular weight excluding hydrogens is 785 g/mol. The van der Waals surface area contributed by atoms with Crippen LogP contribution in [-0.2, 0) is 25.5 Å². The molecule has 0 aliphatic rings. The zero-order valence-corrected chi connectivity index (χ0v) is 31.2. The Hall–Kier alpha value is -4.29. The monoisotopic (exact) mass is 831 g/mol. The van der Waals surface area contributed by atoms with E-state index < -0.39 is 21.8 Å². The van der Waals surface area contributed by atoms with Gasteiger partial charge in [0.2, 0.25) is 0 Å². The molecule has 0 aliphatic heterocycles. The number of pyridine rings is 2. The van der Waals surface area contributed by atoms with Crippen molar-refractivity contribution >= 4 is 35.6 Å². The van der Waals surface area contributed by atoms with Gasteiger partial charge in [-0.1, -0.05) is 94.0 Å². The Morgan fingerprint density at radius 1 is 0.771 bits per heavy atom. The Morgan fingerprint density at radius 2 is 1.54 bits per heavy atom. The largest absolute Gasteiger partial charge is 0.497 e. The van der Waals surface area contributed by atoms with Gasteiger partial charge in [0.1, 0.15) is 24.7 Å². The van der Waals surface area contributed by atoms with Crippen molar-refractivity contribution in [1.82, 2.24) is 19.9 Å². The summed E-state index contributed by atoms with van der Waals surface area (Å²) in [6.45, 7) is 7.91. The number of hydrogen-bond acceptors (Lipinski definition) is 5. The number of aryl methyl sites for hydroxylation is 2. The first-order chi connectivity index (χ1) is 24.8. The molecule has 0 spiro atoms. The van der Waals surface area contributed by atoms with E-state index in [2.05, 4.69) is 74.6 Å². The van der Waals surface area contributed by atoms with Gasteiger partial charge in [-0.3, -0.25) is 0 Å². The summed E-state index contributed by atoms with van der Waals surface area (Å²) >= 11 is 0. The van der Waals surface area contributed by atoms with Crippen molar-refractivity contribution in [1.29, 1.82) is 0 Å². The summed E-state index contributed by atoms with van der Waals surface area (Å²) in [6.07, 6.45) is 2.98. The van der Waals surface area contributed by atoms with Gasteiger partial charge < -0.3 is 14.4 Å². The number of benzene rings is 3. The van der Waals surface area contributed by atoms with Crippen LogP contribution in [0.25, 0.3) is 55.8 Å². The minimum Gasteiger partial charge on any atom is -0.497 e. The number of fused-ring (bicyclic) bond motifs is 3. The van der Waals surface area contributed by atoms with Crippen LogP contribution in [0.5, 0.6) is 0 Å². The fraction of sp³-hybridized carbons (Fsp3) is 0.220. The van der Waals surface area contributed by atoms with Gasteiger partial charge in [0.15, 0.2) is 5.58 Å². The topological polar surface area (TPSA) is 64.7 Å². The maximum atomic E-state index is 7.92. The van der Waals surface area contributed by atoms with Gasteiger partial charge in [0.05, 0.1) is 5.58 Å². The Morgan fingerprint density at radius 3 is 2.23 bits per heavy atom. The van der Waals surface area contributed by atoms with Crippen molar-refractivity contribution in [2.24, 2.45) is 0 Å². The van der Waals surface area contributed by atoms with E-state index in [1.165, 1.54) is 11.6 Å². The van der Waals surface area contributed by atoms with E-state index in [1.807, 2.05) is 66.9 Å². The molecule has 7 rings (SSSR count). The molecule has 0 bridgehead atoms. The summed E-state index contributed by atoms with van der Waals surface area (Å²) in [5.74, 6) is 0. The fourth-order valence-corrected chi connectivity index (χ4v) is 6.01. The molecule has 1 radical (unpaired) electrons. The fourth-order valence-electron chi connectivity index (χ4n) is 5.11. The van der Waals surface area contributed by atoms with Crippen molar-refractivity contribution in [3.8, 4) is 33.8 Å². The van der Waals surface area contributed by atoms with E-state index >= 15 is 0 Å². The van der Waals surface area contributed by atoms with E-state index in [0.29, 0.717) is 27.9 Å². The van der Waals surface area contributed by atoms with Crippen LogP contribution in [-0.4, -0.2) is 28.0 Å². The Bertz CT molecular complexity index is 2400. The molecule has 3 aromatic carbocycles. The average molecular weight is 831 g/mol. The third-order valence-corrected chi connectivity index (χ3v) is 9.33. The zero-order valence-electron chi connectivity index (χ0n) is 33.8. The van der Waals surface area contributed by atoms with Crippen molar-refractivity contribution in [3.63, 3.8) is 0 Å². The van der Waals surface area contributed by atoms with Gasteiger partial charge in [-0.25, -0.2) is 9.97 Å². The molecule has 245 valence electrons. The van der Waals surface area contributed by atoms with E-state index in [0.717, 1.165) is 33.9 Å². The molecule has 48 heavy (non-hydrogen) atoms. The van der Waals surface area contributed by atoms with E-state index in [4.69, 9.17) is 22.6 Å². The standard InChI is InChI=1S/C26H24N3OSi.C15H16N.Ir/c1-16-14-21(27-15-17(16)2)19-12-9-13-20-23-25(30-24(19)20)22(18-10-7-6-8-11-18)28-26(29-23)31(3,4)5;1-15(2,3)13-9-10-16-14(11-13)12-7-5-4-6-8-12;/h6-11,13-15H,1-5H3;4-7,9-11H,1-3H3;/q2*-1;/i1D3,2D3;;. The van der Waals surface area contributed by atoms with Gasteiger partial charge >= 0.3 is 0 Å². The van der Waals surface area contributed by atoms with Crippen LogP contribution in [0.2, 0.25) is 19.6 Å². The van der Waals surface area contributed by atoms with Gasteiger partial charge in [-0.2, -0.15) is 0 Å². The molecule has 0 N–H and O–H groups in total. The Kier molecular flexibility index (Phi) is 8.09. The van der Waals surface area contributed by atoms with Crippen molar-refractivity contribution in [3.05, 3.63) is 126 Å². The van der Waals surface area contributed by atoms with Crippen LogP contribution < -0.4 is 5.45 Å². The third kappa shape index (κ3) is 7.39. The maximum Gasteiger partial charge on any atom is 0.165 e. The van der Waals surface area contributed by atoms with Crippen molar-refractivity contribution < 1.29 is 32.7 Å². The van der Waals surface area contributed by atoms with Gasteiger partial charge in [0.25, 0.3) is 0 Å². The molecule has 0 saturated carbocycles. The second-order valence-electron chi connectivity index (χ2n) is 13.5. The first kappa shape index (κ1) is 27.6. The second kappa shape index (κ2) is 14.1. The molecule has 0 amide bonds. The Labute approximate surface area is 306 Å². The number of rotatable bonds is 4. The molecule has 4 heterocycles. The van der Waals surface area contributed by atoms with E-state index in [-0.39, 0.29) is 42.3 Å². The molecule has 0 fully saturated rings. The van der Waals surface area contributed by atoms with Crippen LogP contribution in [0.1, 0.15) is 45.7 Å². The normalized spacial score (nSPS) is 14.0. The summed E-state index contributed by atoms with van der Waals surface area (Å²) in [7, 11) is -1.91. The molecule has 0 aliphatic carbocycles. The Balaban J connectivity index is 0.000000276. The molecule has 7 heteroatoms. The van der Waals surface area contributed by atoms with E-state index in [9.17, 15) is 0 Å². The molecule has 5 nitrogen and oxygen atoms in total. The van der Waals surface area contributed by atoms with E-state index in [1.54, 1.807) is 6.07 Å². The predicted octanol–water partition coefficient (Wildman–Crippen LogP) is 9.91. The molecule has 0 saturated heterocycles. The van der Waals surface area contributed by atoms with Gasteiger partial charge in [-0.05, 0) is 53.1 Å². The second-order valence-corrected chi connectivity index (χ2v) is 18.4. The third-order valence-electron chi connectivity index (χ3n) is 7.76. The number of furan rings is 1. The smallest absolute Gasteiger partial charge is 0.165 e. The van der Waals surface area contributed by atoms with Gasteiger partial charge in [0, 0.05) is 46.3 Å². The minimum atomic E-state index is -2.64. The van der Waals surface area contributed by atoms with Crippen LogP contribution >= 0.6 is 0 Å². The van der Waals surface area contributed by atoms with Crippen molar-refractivity contribution in [2.75, 3.05) is 0 Å². The summed E-state index contributed by atoms with van der Waals surface area (Å²) in [5, 5.41) is 0.722. The number of aromatic nitrogens is 4. The van der Waals surface area contributed by atoms with Crippen LogP contribution in [0.15, 0.2) is 102 Å². The summed E-state index contributed by atoms with van der Waals surface area (Å²) in [4.78, 5) is 18.5. The predicted molar refractivity (Wildman–Crippen MR) is 196 cm³/mol. The molecular formula is C41H40IrN4OSi-2. The quantitative estimate of drug-likeness (QED) is 0.131. The molecule has 0 unspecified atom stereocenters. The molecule has 7 aromatic rings. The van der Waals surface area contributed by atoms with Crippen LogP contribution in [0.4, 0.5) is 0 Å². The van der Waals surface area contributed by atoms with Crippen LogP contribution in [0, 0.1) is 25.8 Å². The van der Waals surface area contributed by atoms with Gasteiger partial charge in [-0.15, -0.1) is 54.1 Å². The SMILES string of the molecule is CC(C)(C)c1ccnc(-c2[c-]cccc2)c1.[2H]C([2H])([2H])c1cnc(-c2[c-]ccc3c2oc2c(-c4ccccc4)nc([Si](C)(C)C)nc23)cc1C([2H])([2H])[2H].[Ir]. The molecule has 0 atom stereocenters. The summed E-state index contributed by atoms with van der Waals surface area (Å²) < 4.78 is 53.4. The number of hydrogen-bond donors (Lipinski definition) is 0. The minimum absolute atomic E-state index is 0. The first-order valence-electron chi connectivity index (χ1n) is 18.5. The first-order valence-corrected chi connectivity index (χ1v) is 19.0. The maximum absolute atomic E-state index is 7.92. The number of nitrogens with zero attached hydrogens (tertiary/aromatic N) is 4. The summed E-state index contributed by atoms with van der Waals surface area (Å²) in [6, 6.07) is 33.1. The molecule has 4 aromatic heterocycles. The summed E-state index contributed by atoms with van der Waals surface area (Å²) in [5.41, 5.74) is 7.57. The van der Waals surface area contributed by atoms with Crippen molar-refractivity contribution in [2.45, 2.75) is 59.5 Å². The van der Waals surface area contributed by atoms with Crippen LogP contribution in [0.3, 0.4) is 0 Å². The zero-order chi connectivity index (χ0) is 38.3. The average Bonchev–Trinajstić information content (AvgIpc) is 3.50.